The van der Waals surface area contributed by atoms with Crippen LogP contribution in [0.5, 0.6) is 0 Å². The Hall–Kier alpha value is -10.4. The third-order valence-corrected chi connectivity index (χ3v) is 9.35. The number of aliphatic imine (C=N–C) groups is 4. The van der Waals surface area contributed by atoms with Crippen LogP contribution in [0.15, 0.2) is 99.0 Å². The number of guanidine groups is 4. The Bertz CT molecular complexity index is 2800. The molecule has 0 fully saturated rings. The molecule has 0 aliphatic rings. The Balaban J connectivity index is 1.69. The first-order valence-corrected chi connectivity index (χ1v) is 20.1. The van der Waals surface area contributed by atoms with Crippen LogP contribution in [0.3, 0.4) is 0 Å². The quantitative estimate of drug-likeness (QED) is 0.00624. The standard InChI is InChI=1S/C38H49N23O11/c39-22-18-7-4-12-49-19(18)10-11-20(22)60(14-16-8-9-17(59-72-71)13-21(16)61(69)70)34(68)33(67)50-23(15-5-2-1-3-6-15)29(63)52-26(56-36(43)44)31(65)54-28(58-38(47)48)32(66)53-27(57-37(45)46)30(64)51-25(24(40)62)55-35(41)42/h1-13,23,25-28,34,59,68,71H,14,39H2,(H2,40,62)(H,50,67)(H,51,64)(H,52,63)(H,53,66)(H,54,65)(H4,41,42,55)(H4,43,44,56)(H4,45,46,57)(H4,47,48,58). The van der Waals surface area contributed by atoms with Crippen molar-refractivity contribution in [3.8, 4) is 0 Å². The number of hydrogen-bond acceptors (Lipinski definition) is 19. The summed E-state index contributed by atoms with van der Waals surface area (Å²) in [6.45, 7) is -0.593. The predicted octanol–water partition coefficient (Wildman–Crippen LogP) is -6.93. The van der Waals surface area contributed by atoms with E-state index in [1.54, 1.807) is 18.2 Å². The van der Waals surface area contributed by atoms with E-state index in [0.717, 1.165) is 11.0 Å². The molecule has 34 nitrogen and oxygen atoms in total. The van der Waals surface area contributed by atoms with Gasteiger partial charge in [0.25, 0.3) is 35.2 Å². The summed E-state index contributed by atoms with van der Waals surface area (Å²) in [7, 11) is 0. The number of fused-ring (bicyclic) bond motifs is 1. The smallest absolute Gasteiger partial charge is 0.276 e. The number of nitro groups is 1. The van der Waals surface area contributed by atoms with Gasteiger partial charge in [0, 0.05) is 23.2 Å². The fraction of sp³-hybridized carbons (Fsp3) is 0.184. The first kappa shape index (κ1) is 54.3. The highest BCUT2D eigenvalue weighted by atomic mass is 17.2. The van der Waals surface area contributed by atoms with Crippen LogP contribution in [0, 0.1) is 10.1 Å². The largest absolute Gasteiger partial charge is 0.396 e. The van der Waals surface area contributed by atoms with Crippen LogP contribution in [0.2, 0.25) is 0 Å². The van der Waals surface area contributed by atoms with Crippen molar-refractivity contribution in [2.75, 3.05) is 16.1 Å². The highest BCUT2D eigenvalue weighted by Gasteiger charge is 2.36. The summed E-state index contributed by atoms with van der Waals surface area (Å²) in [5, 5.41) is 44.0. The lowest BCUT2D eigenvalue weighted by Gasteiger charge is -2.32. The van der Waals surface area contributed by atoms with Gasteiger partial charge in [-0.05, 0) is 42.0 Å². The average molecular weight is 1000 g/mol. The number of amides is 6. The number of nitrogen functional groups attached to an aromatic ring is 1. The zero-order valence-electron chi connectivity index (χ0n) is 37.1. The highest BCUT2D eigenvalue weighted by molar-refractivity contribution is 6.01. The van der Waals surface area contributed by atoms with Gasteiger partial charge in [-0.25, -0.2) is 30.7 Å². The molecule has 72 heavy (non-hydrogen) atoms. The monoisotopic (exact) mass is 1000 g/mol. The predicted molar refractivity (Wildman–Crippen MR) is 256 cm³/mol. The molecule has 3 aromatic carbocycles. The molecule has 0 aliphatic heterocycles. The zero-order valence-corrected chi connectivity index (χ0v) is 37.1. The number of benzene rings is 3. The van der Waals surface area contributed by atoms with E-state index >= 15 is 0 Å². The van der Waals surface area contributed by atoms with Gasteiger partial charge in [0.05, 0.1) is 34.0 Å². The van der Waals surface area contributed by atoms with Crippen LogP contribution in [0.25, 0.3) is 10.9 Å². The third-order valence-electron chi connectivity index (χ3n) is 9.35. The van der Waals surface area contributed by atoms with Gasteiger partial charge in [-0.2, -0.15) is 0 Å². The van der Waals surface area contributed by atoms with Gasteiger partial charge in [-0.1, -0.05) is 30.3 Å². The second kappa shape index (κ2) is 24.6. The molecule has 0 saturated heterocycles. The maximum atomic E-state index is 14.3. The van der Waals surface area contributed by atoms with E-state index in [1.165, 1.54) is 54.7 Å². The number of nitrogens with one attached hydrogen (secondary N) is 6. The summed E-state index contributed by atoms with van der Waals surface area (Å²) in [6, 6.07) is 15.0. The van der Waals surface area contributed by atoms with Crippen LogP contribution in [-0.4, -0.2) is 110 Å². The van der Waals surface area contributed by atoms with Gasteiger partial charge in [-0.15, -0.1) is 4.99 Å². The Morgan fingerprint density at radius 1 is 0.667 bits per heavy atom. The van der Waals surface area contributed by atoms with Crippen molar-refractivity contribution in [3.63, 3.8) is 0 Å². The van der Waals surface area contributed by atoms with Crippen molar-refractivity contribution in [1.82, 2.24) is 31.6 Å². The van der Waals surface area contributed by atoms with Crippen LogP contribution < -0.4 is 94.3 Å². The molecule has 0 spiro atoms. The molecule has 6 unspecified atom stereocenters. The molecular weight excluding hydrogens is 955 g/mol. The third kappa shape index (κ3) is 14.8. The molecule has 4 rings (SSSR count). The molecule has 0 radical (unpaired) electrons. The first-order valence-electron chi connectivity index (χ1n) is 20.1. The lowest BCUT2D eigenvalue weighted by Crippen LogP contribution is -2.58. The number of carbonyl (C=O) groups excluding carboxylic acids is 6. The lowest BCUT2D eigenvalue weighted by atomic mass is 10.1. The molecule has 34 heteroatoms. The number of carbonyl (C=O) groups is 6. The lowest BCUT2D eigenvalue weighted by molar-refractivity contribution is -0.385. The van der Waals surface area contributed by atoms with Crippen molar-refractivity contribution in [2.45, 2.75) is 43.5 Å². The maximum Gasteiger partial charge on any atom is 0.276 e. The Morgan fingerprint density at radius 3 is 1.68 bits per heavy atom. The average Bonchev–Trinajstić information content (AvgIpc) is 3.31. The normalized spacial score (nSPS) is 13.1. The second-order valence-corrected chi connectivity index (χ2v) is 14.5. The van der Waals surface area contributed by atoms with Crippen molar-refractivity contribution in [2.24, 2.45) is 71.6 Å². The molecular formula is C38H49N23O11. The molecule has 1 aromatic heterocycles. The van der Waals surface area contributed by atoms with Gasteiger partial charge in [0.15, 0.2) is 23.8 Å². The zero-order chi connectivity index (χ0) is 53.4. The maximum absolute atomic E-state index is 14.3. The van der Waals surface area contributed by atoms with E-state index in [-0.39, 0.29) is 28.2 Å². The minimum atomic E-state index is -2.31. The summed E-state index contributed by atoms with van der Waals surface area (Å²) in [4.78, 5) is 116. The van der Waals surface area contributed by atoms with E-state index in [2.05, 4.69) is 45.9 Å². The van der Waals surface area contributed by atoms with Crippen molar-refractivity contribution < 1.29 is 49.0 Å². The summed E-state index contributed by atoms with van der Waals surface area (Å²) in [6.07, 6.45) is -9.22. The minimum Gasteiger partial charge on any atom is -0.396 e. The molecule has 382 valence electrons. The highest BCUT2D eigenvalue weighted by Crippen LogP contribution is 2.34. The molecule has 1 heterocycles. The molecule has 6 atom stereocenters. The van der Waals surface area contributed by atoms with Gasteiger partial charge in [0.1, 0.15) is 6.04 Å². The Morgan fingerprint density at radius 2 is 1.18 bits per heavy atom. The minimum absolute atomic E-state index is 0.0205. The molecule has 28 N–H and O–H groups in total. The van der Waals surface area contributed by atoms with Crippen LogP contribution in [0.4, 0.5) is 22.7 Å². The number of nitrogens with zero attached hydrogens (tertiary/aromatic N) is 7. The van der Waals surface area contributed by atoms with E-state index in [0.29, 0.717) is 10.9 Å². The number of aliphatic hydroxyl groups excluding tert-OH is 1. The topological polar surface area (TPSA) is 593 Å². The van der Waals surface area contributed by atoms with Crippen molar-refractivity contribution in [3.05, 3.63) is 100 Å². The van der Waals surface area contributed by atoms with Gasteiger partial charge in [-0.3, -0.25) is 43.9 Å². The fourth-order valence-corrected chi connectivity index (χ4v) is 6.28. The van der Waals surface area contributed by atoms with Crippen molar-refractivity contribution in [1.29, 1.82) is 0 Å². The van der Waals surface area contributed by atoms with Gasteiger partial charge >= 0.3 is 0 Å². The first-order chi connectivity index (χ1) is 34.0. The second-order valence-electron chi connectivity index (χ2n) is 14.5. The SMILES string of the molecule is NC(=O)C(N=C(N)N)NC(=O)C(N=C(N)N)NC(=O)C(N=C(N)N)NC(=O)C(N=C(N)N)NC(=O)C(NC(=O)C(O)N(Cc1ccc(NOO)cc1[N+](=O)[O-])c1ccc2ncccc2c1N)c1ccccc1. The molecule has 0 bridgehead atoms. The number of rotatable bonds is 23. The number of hydrogen-bond donors (Lipinski definition) is 18. The van der Waals surface area contributed by atoms with Gasteiger partial charge < -0.3 is 93.9 Å². The summed E-state index contributed by atoms with van der Waals surface area (Å²) in [5.74, 6) is -11.1. The molecule has 0 saturated carbocycles. The summed E-state index contributed by atoms with van der Waals surface area (Å²) in [5.41, 5.74) is 57.1. The van der Waals surface area contributed by atoms with Crippen molar-refractivity contribution >= 4 is 92.9 Å². The molecule has 4 aromatic rings. The Labute approximate surface area is 404 Å². The number of aromatic nitrogens is 1. The molecule has 6 amide bonds. The number of anilines is 3. The van der Waals surface area contributed by atoms with Crippen LogP contribution in [-0.2, 0) is 40.3 Å². The number of aliphatic hydroxyl groups is 1. The number of pyridine rings is 1. The fourth-order valence-electron chi connectivity index (χ4n) is 6.28. The van der Waals surface area contributed by atoms with Crippen LogP contribution >= 0.6 is 0 Å². The van der Waals surface area contributed by atoms with E-state index in [1.807, 2.05) is 16.1 Å². The number of primary amides is 1. The molecule has 0 aliphatic carbocycles. The summed E-state index contributed by atoms with van der Waals surface area (Å²) >= 11 is 0. The Kier molecular flexibility index (Phi) is 18.5. The van der Waals surface area contributed by atoms with E-state index in [9.17, 15) is 44.0 Å². The van der Waals surface area contributed by atoms with E-state index in [4.69, 9.17) is 62.6 Å². The number of nitrogens with two attached hydrogens (primary N) is 10. The van der Waals surface area contributed by atoms with Crippen LogP contribution in [0.1, 0.15) is 17.2 Å². The van der Waals surface area contributed by atoms with Gasteiger partial charge in [0.2, 0.25) is 36.8 Å². The van der Waals surface area contributed by atoms with E-state index < -0.39 is 113 Å². The number of nitro benzene ring substituents is 1. The summed E-state index contributed by atoms with van der Waals surface area (Å²) < 4.78 is 0.